The van der Waals surface area contributed by atoms with Crippen LogP contribution in [-0.4, -0.2) is 27.0 Å². The molecular weight excluding hydrogens is 232 g/mol. The normalized spacial score (nSPS) is 23.9. The van der Waals surface area contributed by atoms with Crippen molar-refractivity contribution < 1.29 is 14.6 Å². The van der Waals surface area contributed by atoms with Gasteiger partial charge in [0.1, 0.15) is 11.7 Å². The van der Waals surface area contributed by atoms with E-state index >= 15 is 0 Å². The molecule has 1 N–H and O–H groups in total. The van der Waals surface area contributed by atoms with E-state index in [0.717, 1.165) is 19.3 Å². The zero-order valence-corrected chi connectivity index (χ0v) is 11.1. The molecule has 18 heavy (non-hydrogen) atoms. The molecule has 0 radical (unpaired) electrons. The molecule has 1 aliphatic carbocycles. The lowest BCUT2D eigenvalue weighted by Crippen LogP contribution is -2.25. The number of aromatic nitrogens is 2. The summed E-state index contributed by atoms with van der Waals surface area (Å²) >= 11 is 0. The molecule has 0 spiro atoms. The second kappa shape index (κ2) is 5.00. The van der Waals surface area contributed by atoms with Gasteiger partial charge in [0.15, 0.2) is 0 Å². The number of ether oxygens (including phenoxy) is 1. The maximum Gasteiger partial charge on any atom is 0.343 e. The fraction of sp³-hybridized carbons (Fsp3) is 0.692. The Morgan fingerprint density at radius 3 is 2.83 bits per heavy atom. The summed E-state index contributed by atoms with van der Waals surface area (Å²) in [6.45, 7) is 3.90. The molecule has 0 amide bonds. The lowest BCUT2D eigenvalue weighted by molar-refractivity contribution is 0.0679. The first kappa shape index (κ1) is 12.9. The topological polar surface area (TPSA) is 64.4 Å². The molecule has 1 aliphatic rings. The van der Waals surface area contributed by atoms with Crippen molar-refractivity contribution in [1.29, 1.82) is 0 Å². The van der Waals surface area contributed by atoms with Gasteiger partial charge in [0.05, 0.1) is 5.69 Å². The summed E-state index contributed by atoms with van der Waals surface area (Å²) < 4.78 is 7.42. The smallest absolute Gasteiger partial charge is 0.343 e. The van der Waals surface area contributed by atoms with Gasteiger partial charge in [0, 0.05) is 7.05 Å². The molecule has 0 bridgehead atoms. The van der Waals surface area contributed by atoms with Crippen molar-refractivity contribution in [2.45, 2.75) is 45.6 Å². The highest BCUT2D eigenvalue weighted by atomic mass is 16.5. The Kier molecular flexibility index (Phi) is 3.59. The minimum absolute atomic E-state index is 0.113. The van der Waals surface area contributed by atoms with Crippen LogP contribution in [0.25, 0.3) is 0 Å². The summed E-state index contributed by atoms with van der Waals surface area (Å²) in [5, 5.41) is 13.3. The Morgan fingerprint density at radius 1 is 1.50 bits per heavy atom. The number of rotatable bonds is 3. The first-order valence-electron chi connectivity index (χ1n) is 6.42. The van der Waals surface area contributed by atoms with Crippen LogP contribution >= 0.6 is 0 Å². The Morgan fingerprint density at radius 2 is 2.22 bits per heavy atom. The van der Waals surface area contributed by atoms with Crippen LogP contribution < -0.4 is 4.74 Å². The number of hydrogen-bond acceptors (Lipinski definition) is 3. The maximum absolute atomic E-state index is 11.2. The molecule has 2 atom stereocenters. The van der Waals surface area contributed by atoms with E-state index < -0.39 is 5.97 Å². The van der Waals surface area contributed by atoms with E-state index in [1.165, 1.54) is 11.1 Å². The zero-order valence-electron chi connectivity index (χ0n) is 11.1. The molecule has 1 heterocycles. The largest absolute Gasteiger partial charge is 0.477 e. The summed E-state index contributed by atoms with van der Waals surface area (Å²) in [6, 6.07) is 0. The number of hydrogen-bond donors (Lipinski definition) is 1. The predicted octanol–water partition coefficient (Wildman–Crippen LogP) is 2.38. The van der Waals surface area contributed by atoms with Crippen LogP contribution in [0.1, 0.15) is 48.7 Å². The zero-order chi connectivity index (χ0) is 13.3. The third kappa shape index (κ3) is 2.49. The Labute approximate surface area is 107 Å². The molecule has 0 saturated heterocycles. The highest BCUT2D eigenvalue weighted by Crippen LogP contribution is 2.29. The third-order valence-electron chi connectivity index (χ3n) is 3.55. The minimum Gasteiger partial charge on any atom is -0.477 e. The molecule has 0 aliphatic heterocycles. The second-order valence-corrected chi connectivity index (χ2v) is 5.21. The van der Waals surface area contributed by atoms with Crippen molar-refractivity contribution in [1.82, 2.24) is 9.78 Å². The maximum atomic E-state index is 11.2. The van der Waals surface area contributed by atoms with Crippen LogP contribution in [0, 0.1) is 12.8 Å². The van der Waals surface area contributed by atoms with Crippen LogP contribution in [0.15, 0.2) is 0 Å². The highest BCUT2D eigenvalue weighted by Gasteiger charge is 2.26. The number of aryl methyl sites for hydroxylation is 2. The lowest BCUT2D eigenvalue weighted by atomic mass is 9.89. The van der Waals surface area contributed by atoms with Crippen LogP contribution in [0.4, 0.5) is 0 Å². The monoisotopic (exact) mass is 252 g/mol. The molecular formula is C13H20N2O3. The van der Waals surface area contributed by atoms with E-state index in [9.17, 15) is 9.90 Å². The molecule has 1 aromatic heterocycles. The number of carbonyl (C=O) groups is 1. The second-order valence-electron chi connectivity index (χ2n) is 5.21. The van der Waals surface area contributed by atoms with Crippen LogP contribution in [0.5, 0.6) is 5.88 Å². The molecule has 5 heteroatoms. The van der Waals surface area contributed by atoms with Crippen molar-refractivity contribution >= 4 is 5.97 Å². The number of carboxylic acids is 1. The molecule has 2 rings (SSSR count). The van der Waals surface area contributed by atoms with Gasteiger partial charge in [-0.1, -0.05) is 13.3 Å². The molecule has 1 fully saturated rings. The number of nitrogens with zero attached hydrogens (tertiary/aromatic N) is 2. The molecule has 1 aromatic rings. The van der Waals surface area contributed by atoms with Gasteiger partial charge >= 0.3 is 5.97 Å². The van der Waals surface area contributed by atoms with E-state index in [-0.39, 0.29) is 11.7 Å². The molecule has 5 nitrogen and oxygen atoms in total. The van der Waals surface area contributed by atoms with Gasteiger partial charge in [-0.2, -0.15) is 5.10 Å². The van der Waals surface area contributed by atoms with Gasteiger partial charge in [0.2, 0.25) is 5.88 Å². The van der Waals surface area contributed by atoms with E-state index in [4.69, 9.17) is 4.74 Å². The van der Waals surface area contributed by atoms with Crippen molar-refractivity contribution in [2.24, 2.45) is 13.0 Å². The van der Waals surface area contributed by atoms with Gasteiger partial charge in [-0.25, -0.2) is 9.48 Å². The number of carboxylic acid groups (broad SMARTS) is 1. The average Bonchev–Trinajstić information content (AvgIpc) is 2.53. The van der Waals surface area contributed by atoms with Gasteiger partial charge in [-0.15, -0.1) is 0 Å². The summed E-state index contributed by atoms with van der Waals surface area (Å²) in [5.74, 6) is 0.0601. The summed E-state index contributed by atoms with van der Waals surface area (Å²) in [6.07, 6.45) is 4.47. The first-order chi connectivity index (χ1) is 8.49. The molecule has 100 valence electrons. The van der Waals surface area contributed by atoms with E-state index in [0.29, 0.717) is 17.5 Å². The van der Waals surface area contributed by atoms with Crippen LogP contribution in [0.2, 0.25) is 0 Å². The summed E-state index contributed by atoms with van der Waals surface area (Å²) in [7, 11) is 1.72. The van der Waals surface area contributed by atoms with E-state index in [1.54, 1.807) is 14.0 Å². The lowest BCUT2D eigenvalue weighted by Gasteiger charge is -2.27. The molecule has 0 aromatic carbocycles. The molecule has 1 saturated carbocycles. The van der Waals surface area contributed by atoms with Crippen molar-refractivity contribution in [3.05, 3.63) is 11.3 Å². The fourth-order valence-corrected chi connectivity index (χ4v) is 2.66. The highest BCUT2D eigenvalue weighted by molar-refractivity contribution is 5.91. The SMILES string of the molecule is Cc1nn(C)c(OC2CCCC(C)C2)c1C(=O)O. The first-order valence-corrected chi connectivity index (χ1v) is 6.42. The molecule has 2 unspecified atom stereocenters. The third-order valence-corrected chi connectivity index (χ3v) is 3.55. The Hall–Kier alpha value is -1.52. The van der Waals surface area contributed by atoms with Gasteiger partial charge in [-0.05, 0) is 32.1 Å². The quantitative estimate of drug-likeness (QED) is 0.897. The summed E-state index contributed by atoms with van der Waals surface area (Å²) in [4.78, 5) is 11.2. The number of aromatic carboxylic acids is 1. The van der Waals surface area contributed by atoms with Gasteiger partial charge < -0.3 is 9.84 Å². The fourth-order valence-electron chi connectivity index (χ4n) is 2.66. The minimum atomic E-state index is -0.973. The van der Waals surface area contributed by atoms with E-state index in [2.05, 4.69) is 12.0 Å². The van der Waals surface area contributed by atoms with Crippen molar-refractivity contribution in [3.63, 3.8) is 0 Å². The van der Waals surface area contributed by atoms with Gasteiger partial charge in [-0.3, -0.25) is 0 Å². The standard InChI is InChI=1S/C13H20N2O3/c1-8-5-4-6-10(7-8)18-12-11(13(16)17)9(2)14-15(12)3/h8,10H,4-7H2,1-3H3,(H,16,17). The van der Waals surface area contributed by atoms with Crippen molar-refractivity contribution in [2.75, 3.05) is 0 Å². The van der Waals surface area contributed by atoms with Gasteiger partial charge in [0.25, 0.3) is 0 Å². The van der Waals surface area contributed by atoms with Crippen LogP contribution in [-0.2, 0) is 7.05 Å². The van der Waals surface area contributed by atoms with E-state index in [1.807, 2.05) is 0 Å². The Balaban J connectivity index is 2.20. The van der Waals surface area contributed by atoms with Crippen LogP contribution in [0.3, 0.4) is 0 Å². The average molecular weight is 252 g/mol. The summed E-state index contributed by atoms with van der Waals surface area (Å²) in [5.41, 5.74) is 0.694. The predicted molar refractivity (Wildman–Crippen MR) is 67.0 cm³/mol. The Bertz CT molecular complexity index is 453. The van der Waals surface area contributed by atoms with Crippen molar-refractivity contribution in [3.8, 4) is 5.88 Å².